The van der Waals surface area contributed by atoms with E-state index in [9.17, 15) is 0 Å². The Kier molecular flexibility index (Phi) is 6.28. The second-order valence-corrected chi connectivity index (χ2v) is 4.29. The smallest absolute Gasteiger partial charge is 0.240 e. The van der Waals surface area contributed by atoms with Crippen molar-refractivity contribution >= 4 is 5.69 Å². The Morgan fingerprint density at radius 2 is 2.00 bits per heavy atom. The van der Waals surface area contributed by atoms with Crippen LogP contribution < -0.4 is 15.2 Å². The minimum atomic E-state index is 0.425. The van der Waals surface area contributed by atoms with E-state index < -0.39 is 0 Å². The molecule has 1 aromatic heterocycles. The lowest BCUT2D eigenvalue weighted by molar-refractivity contribution is 0.108. The molecule has 0 amide bonds. The molecule has 0 saturated carbocycles. The molecule has 0 atom stereocenters. The Bertz CT molecular complexity index is 356. The molecular weight excluding hydrogens is 232 g/mol. The summed E-state index contributed by atoms with van der Waals surface area (Å²) in [6.07, 6.45) is 0. The van der Waals surface area contributed by atoms with Gasteiger partial charge in [-0.05, 0) is 18.9 Å². The normalized spacial score (nSPS) is 10.7. The average molecular weight is 254 g/mol. The predicted molar refractivity (Wildman–Crippen MR) is 71.0 cm³/mol. The molecular formula is C13H22N2O3. The van der Waals surface area contributed by atoms with Crippen molar-refractivity contribution in [3.63, 3.8) is 0 Å². The van der Waals surface area contributed by atoms with Gasteiger partial charge >= 0.3 is 0 Å². The van der Waals surface area contributed by atoms with Gasteiger partial charge in [0.25, 0.3) is 0 Å². The number of nitrogens with zero attached hydrogens (tertiary/aromatic N) is 1. The maximum absolute atomic E-state index is 5.78. The van der Waals surface area contributed by atoms with Crippen LogP contribution in [0.5, 0.6) is 11.8 Å². The highest BCUT2D eigenvalue weighted by Gasteiger charge is 2.06. The SMILES string of the molecule is CCOCCOc1ccc(N)c(OCC(C)C)n1. The molecule has 0 spiro atoms. The first-order chi connectivity index (χ1) is 8.63. The van der Waals surface area contributed by atoms with Crippen LogP contribution in [0.25, 0.3) is 0 Å². The van der Waals surface area contributed by atoms with Gasteiger partial charge in [-0.2, -0.15) is 4.98 Å². The summed E-state index contributed by atoms with van der Waals surface area (Å²) in [5.41, 5.74) is 6.31. The minimum absolute atomic E-state index is 0.425. The van der Waals surface area contributed by atoms with E-state index in [2.05, 4.69) is 18.8 Å². The van der Waals surface area contributed by atoms with Crippen molar-refractivity contribution in [1.29, 1.82) is 0 Å². The van der Waals surface area contributed by atoms with Crippen LogP contribution >= 0.6 is 0 Å². The van der Waals surface area contributed by atoms with Crippen molar-refractivity contribution in [2.75, 3.05) is 32.2 Å². The predicted octanol–water partition coefficient (Wildman–Crippen LogP) is 2.11. The molecule has 102 valence electrons. The highest BCUT2D eigenvalue weighted by atomic mass is 16.5. The molecule has 0 aliphatic rings. The Balaban J connectivity index is 2.51. The van der Waals surface area contributed by atoms with Gasteiger partial charge in [-0.3, -0.25) is 0 Å². The summed E-state index contributed by atoms with van der Waals surface area (Å²) >= 11 is 0. The first-order valence-corrected chi connectivity index (χ1v) is 6.23. The number of hydrogen-bond acceptors (Lipinski definition) is 5. The van der Waals surface area contributed by atoms with Crippen LogP contribution in [0.4, 0.5) is 5.69 Å². The zero-order valence-electron chi connectivity index (χ0n) is 11.3. The minimum Gasteiger partial charge on any atom is -0.476 e. The molecule has 0 aliphatic heterocycles. The van der Waals surface area contributed by atoms with E-state index in [0.717, 1.165) is 0 Å². The third-order valence-corrected chi connectivity index (χ3v) is 2.10. The van der Waals surface area contributed by atoms with E-state index in [-0.39, 0.29) is 0 Å². The van der Waals surface area contributed by atoms with Crippen LogP contribution in [0.1, 0.15) is 20.8 Å². The fraction of sp³-hybridized carbons (Fsp3) is 0.615. The van der Waals surface area contributed by atoms with Gasteiger partial charge in [-0.25, -0.2) is 0 Å². The number of pyridine rings is 1. The summed E-state index contributed by atoms with van der Waals surface area (Å²) in [6.45, 7) is 8.36. The molecule has 5 nitrogen and oxygen atoms in total. The second kappa shape index (κ2) is 7.76. The lowest BCUT2D eigenvalue weighted by atomic mass is 10.2. The fourth-order valence-corrected chi connectivity index (χ4v) is 1.23. The molecule has 0 fully saturated rings. The van der Waals surface area contributed by atoms with E-state index in [4.69, 9.17) is 19.9 Å². The van der Waals surface area contributed by atoms with Gasteiger partial charge in [0.15, 0.2) is 0 Å². The Labute approximate surface area is 108 Å². The number of nitrogens with two attached hydrogens (primary N) is 1. The molecule has 0 bridgehead atoms. The molecule has 1 rings (SSSR count). The number of nitrogen functional groups attached to an aromatic ring is 1. The monoisotopic (exact) mass is 254 g/mol. The van der Waals surface area contributed by atoms with Crippen LogP contribution in [0.2, 0.25) is 0 Å². The van der Waals surface area contributed by atoms with Crippen molar-refractivity contribution in [3.8, 4) is 11.8 Å². The standard InChI is InChI=1S/C13H22N2O3/c1-4-16-7-8-17-12-6-5-11(14)13(15-12)18-9-10(2)3/h5-6,10H,4,7-9,14H2,1-3H3. The van der Waals surface area contributed by atoms with E-state index in [1.165, 1.54) is 0 Å². The van der Waals surface area contributed by atoms with Crippen molar-refractivity contribution < 1.29 is 14.2 Å². The third-order valence-electron chi connectivity index (χ3n) is 2.10. The number of ether oxygens (including phenoxy) is 3. The zero-order valence-corrected chi connectivity index (χ0v) is 11.3. The largest absolute Gasteiger partial charge is 0.476 e. The Hall–Kier alpha value is -1.49. The molecule has 0 radical (unpaired) electrons. The Morgan fingerprint density at radius 3 is 2.67 bits per heavy atom. The van der Waals surface area contributed by atoms with Crippen molar-refractivity contribution in [2.24, 2.45) is 5.92 Å². The van der Waals surface area contributed by atoms with Gasteiger partial charge in [-0.15, -0.1) is 0 Å². The first-order valence-electron chi connectivity index (χ1n) is 6.23. The van der Waals surface area contributed by atoms with Gasteiger partial charge in [0.05, 0.1) is 18.9 Å². The van der Waals surface area contributed by atoms with Crippen molar-refractivity contribution in [3.05, 3.63) is 12.1 Å². The van der Waals surface area contributed by atoms with Crippen LogP contribution in [0.15, 0.2) is 12.1 Å². The molecule has 0 saturated heterocycles. The third kappa shape index (κ3) is 5.23. The summed E-state index contributed by atoms with van der Waals surface area (Å²) in [5.74, 6) is 1.36. The number of hydrogen-bond donors (Lipinski definition) is 1. The molecule has 1 heterocycles. The summed E-state index contributed by atoms with van der Waals surface area (Å²) < 4.78 is 16.1. The van der Waals surface area contributed by atoms with E-state index in [1.807, 2.05) is 6.92 Å². The van der Waals surface area contributed by atoms with Crippen LogP contribution in [0.3, 0.4) is 0 Å². The molecule has 2 N–H and O–H groups in total. The van der Waals surface area contributed by atoms with E-state index >= 15 is 0 Å². The van der Waals surface area contributed by atoms with E-state index in [0.29, 0.717) is 49.8 Å². The summed E-state index contributed by atoms with van der Waals surface area (Å²) in [7, 11) is 0. The second-order valence-electron chi connectivity index (χ2n) is 4.29. The first kappa shape index (κ1) is 14.6. The summed E-state index contributed by atoms with van der Waals surface area (Å²) in [4.78, 5) is 4.22. The molecule has 0 aromatic carbocycles. The van der Waals surface area contributed by atoms with Crippen LogP contribution in [-0.4, -0.2) is 31.4 Å². The topological polar surface area (TPSA) is 66.6 Å². The summed E-state index contributed by atoms with van der Waals surface area (Å²) in [6, 6.07) is 3.46. The molecule has 0 unspecified atom stereocenters. The Morgan fingerprint density at radius 1 is 1.22 bits per heavy atom. The quantitative estimate of drug-likeness (QED) is 0.720. The van der Waals surface area contributed by atoms with Crippen molar-refractivity contribution in [1.82, 2.24) is 4.98 Å². The van der Waals surface area contributed by atoms with Crippen molar-refractivity contribution in [2.45, 2.75) is 20.8 Å². The number of aromatic nitrogens is 1. The van der Waals surface area contributed by atoms with Gasteiger partial charge in [0.1, 0.15) is 6.61 Å². The molecule has 0 aliphatic carbocycles. The maximum Gasteiger partial charge on any atom is 0.240 e. The van der Waals surface area contributed by atoms with E-state index in [1.54, 1.807) is 12.1 Å². The highest BCUT2D eigenvalue weighted by Crippen LogP contribution is 2.22. The number of anilines is 1. The van der Waals surface area contributed by atoms with Gasteiger partial charge in [-0.1, -0.05) is 13.8 Å². The zero-order chi connectivity index (χ0) is 13.4. The molecule has 1 aromatic rings. The summed E-state index contributed by atoms with van der Waals surface area (Å²) in [5, 5.41) is 0. The number of rotatable bonds is 8. The molecule has 18 heavy (non-hydrogen) atoms. The van der Waals surface area contributed by atoms with Crippen LogP contribution in [-0.2, 0) is 4.74 Å². The highest BCUT2D eigenvalue weighted by molar-refractivity contribution is 5.49. The molecule has 5 heteroatoms. The lowest BCUT2D eigenvalue weighted by Gasteiger charge is -2.11. The average Bonchev–Trinajstić information content (AvgIpc) is 2.34. The fourth-order valence-electron chi connectivity index (χ4n) is 1.23. The maximum atomic E-state index is 5.78. The van der Waals surface area contributed by atoms with Gasteiger partial charge in [0, 0.05) is 12.7 Å². The van der Waals surface area contributed by atoms with Crippen LogP contribution in [0, 0.1) is 5.92 Å². The lowest BCUT2D eigenvalue weighted by Crippen LogP contribution is -2.10. The van der Waals surface area contributed by atoms with Gasteiger partial charge < -0.3 is 19.9 Å². The van der Waals surface area contributed by atoms with Gasteiger partial charge in [0.2, 0.25) is 11.8 Å².